The summed E-state index contributed by atoms with van der Waals surface area (Å²) in [5.74, 6) is -0.576. The Labute approximate surface area is 276 Å². The van der Waals surface area contributed by atoms with E-state index in [0.717, 1.165) is 19.0 Å². The first-order chi connectivity index (χ1) is 22.3. The zero-order valence-electron chi connectivity index (χ0n) is 24.3. The Morgan fingerprint density at radius 1 is 1.07 bits per heavy atom. The molecule has 0 bridgehead atoms. The van der Waals surface area contributed by atoms with Crippen LogP contribution in [0.15, 0.2) is 88.4 Å². The summed E-state index contributed by atoms with van der Waals surface area (Å²) in [4.78, 5) is 43.1. The minimum atomic E-state index is -0.508. The number of imidazole rings is 1. The molecule has 0 unspecified atom stereocenters. The Bertz CT molecular complexity index is 2030. The van der Waals surface area contributed by atoms with Crippen LogP contribution in [-0.2, 0) is 19.6 Å². The van der Waals surface area contributed by atoms with Gasteiger partial charge in [-0.05, 0) is 82.9 Å². The van der Waals surface area contributed by atoms with Gasteiger partial charge in [0.05, 0.1) is 47.1 Å². The normalized spacial score (nSPS) is 14.2. The number of nitrogens with zero attached hydrogens (tertiary/aromatic N) is 5. The van der Waals surface area contributed by atoms with E-state index in [-0.39, 0.29) is 49.6 Å². The highest BCUT2D eigenvalue weighted by Gasteiger charge is 2.32. The van der Waals surface area contributed by atoms with Crippen LogP contribution in [0, 0.1) is 5.82 Å². The molecule has 0 spiro atoms. The van der Waals surface area contributed by atoms with Crippen molar-refractivity contribution in [2.75, 3.05) is 6.54 Å². The van der Waals surface area contributed by atoms with Crippen molar-refractivity contribution in [3.8, 4) is 17.1 Å². The minimum Gasteiger partial charge on any atom is -0.490 e. The molecule has 1 fully saturated rings. The zero-order chi connectivity index (χ0) is 31.9. The molecule has 13 heteroatoms. The largest absolute Gasteiger partial charge is 0.490 e. The predicted octanol–water partition coefficient (Wildman–Crippen LogP) is 5.51. The fourth-order valence-electron chi connectivity index (χ4n) is 5.55. The minimum absolute atomic E-state index is 0.0313. The summed E-state index contributed by atoms with van der Waals surface area (Å²) in [6.07, 6.45) is 4.60. The van der Waals surface area contributed by atoms with E-state index >= 15 is 0 Å². The summed E-state index contributed by atoms with van der Waals surface area (Å²) < 4.78 is 24.6. The second-order valence-corrected chi connectivity index (χ2v) is 12.4. The fraction of sp³-hybridized carbons (Fsp3) is 0.212. The number of rotatable bonds is 8. The molecule has 1 aliphatic heterocycles. The van der Waals surface area contributed by atoms with E-state index in [4.69, 9.17) is 16.3 Å². The third-order valence-corrected chi connectivity index (χ3v) is 9.23. The molecule has 1 N–H and O–H groups in total. The van der Waals surface area contributed by atoms with Crippen molar-refractivity contribution in [3.05, 3.63) is 127 Å². The van der Waals surface area contributed by atoms with E-state index in [9.17, 15) is 18.8 Å². The van der Waals surface area contributed by atoms with Gasteiger partial charge in [0.2, 0.25) is 0 Å². The molecule has 234 valence electrons. The summed E-state index contributed by atoms with van der Waals surface area (Å²) in [7, 11) is 0. The van der Waals surface area contributed by atoms with Gasteiger partial charge in [-0.1, -0.05) is 29.8 Å². The van der Waals surface area contributed by atoms with E-state index < -0.39 is 11.7 Å². The van der Waals surface area contributed by atoms with E-state index in [1.807, 2.05) is 6.07 Å². The Balaban J connectivity index is 1.24. The molecule has 0 atom stereocenters. The number of carbonyl (C=O) groups excluding carboxylic acids is 2. The zero-order valence-corrected chi connectivity index (χ0v) is 26.7. The number of fused-ring (bicyclic) bond motifs is 1. The lowest BCUT2D eigenvalue weighted by Gasteiger charge is -2.28. The number of para-hydroxylation sites is 1. The van der Waals surface area contributed by atoms with Gasteiger partial charge >= 0.3 is 5.69 Å². The van der Waals surface area contributed by atoms with Gasteiger partial charge in [-0.25, -0.2) is 13.9 Å². The van der Waals surface area contributed by atoms with Crippen LogP contribution in [0.3, 0.4) is 0 Å². The molecule has 5 aromatic rings. The second-order valence-electron chi connectivity index (χ2n) is 11.1. The third kappa shape index (κ3) is 5.85. The fourth-order valence-corrected chi connectivity index (χ4v) is 5.97. The number of halogens is 3. The highest BCUT2D eigenvalue weighted by Crippen LogP contribution is 2.29. The maximum atomic E-state index is 14.1. The summed E-state index contributed by atoms with van der Waals surface area (Å²) in [5, 5.41) is 7.40. The topological polar surface area (TPSA) is 103 Å². The average Bonchev–Trinajstić information content (AvgIpc) is 3.70. The number of hydrogen-bond donors (Lipinski definition) is 1. The van der Waals surface area contributed by atoms with Crippen LogP contribution in [0.1, 0.15) is 44.9 Å². The first-order valence-corrected chi connectivity index (χ1v) is 15.9. The van der Waals surface area contributed by atoms with Crippen LogP contribution in [0.5, 0.6) is 5.75 Å². The summed E-state index contributed by atoms with van der Waals surface area (Å²) in [6, 6.07) is 19.2. The Hall–Kier alpha value is -4.68. The maximum absolute atomic E-state index is 14.1. The smallest absolute Gasteiger partial charge is 0.333 e. The number of nitrogens with one attached hydrogen (secondary N) is 1. The summed E-state index contributed by atoms with van der Waals surface area (Å²) >= 11 is 9.62. The molecule has 2 amide bonds. The van der Waals surface area contributed by atoms with Crippen molar-refractivity contribution in [1.82, 2.24) is 29.1 Å². The number of amides is 2. The first kappa shape index (κ1) is 30.0. The van der Waals surface area contributed by atoms with Crippen molar-refractivity contribution in [2.24, 2.45) is 0 Å². The molecule has 7 rings (SSSR count). The standard InChI is InChI=1S/C33H27BrClFN6O4/c34-26-12-5-20(15-27(26)35)32(44)39-13-14-40-29(19-39)30(42(33(40)45)23-6-8-24(9-7-23)46-25-10-11-25)31(43)37-16-21-3-1-2-4-28(21)41-18-22(36)17-38-41/h1-9,12,15,17-18,25H,10-11,13-14,16,19H2,(H,37,43). The molecule has 1 aliphatic carbocycles. The number of ether oxygens (including phenoxy) is 1. The van der Waals surface area contributed by atoms with Crippen molar-refractivity contribution in [3.63, 3.8) is 0 Å². The summed E-state index contributed by atoms with van der Waals surface area (Å²) in [6.45, 7) is 0.577. The molecule has 0 radical (unpaired) electrons. The molecule has 10 nitrogen and oxygen atoms in total. The lowest BCUT2D eigenvalue weighted by Crippen LogP contribution is -2.41. The van der Waals surface area contributed by atoms with E-state index in [2.05, 4.69) is 26.3 Å². The molecular weight excluding hydrogens is 679 g/mol. The van der Waals surface area contributed by atoms with Crippen molar-refractivity contribution < 1.29 is 18.7 Å². The summed E-state index contributed by atoms with van der Waals surface area (Å²) in [5.41, 5.74) is 2.31. The van der Waals surface area contributed by atoms with Gasteiger partial charge in [-0.2, -0.15) is 5.10 Å². The number of benzene rings is 3. The molecular formula is C33H27BrClFN6O4. The van der Waals surface area contributed by atoms with Gasteiger partial charge in [-0.15, -0.1) is 0 Å². The van der Waals surface area contributed by atoms with E-state index in [1.54, 1.807) is 70.1 Å². The van der Waals surface area contributed by atoms with Crippen LogP contribution in [0.4, 0.5) is 4.39 Å². The molecule has 1 saturated carbocycles. The van der Waals surface area contributed by atoms with Crippen LogP contribution in [-0.4, -0.2) is 48.3 Å². The van der Waals surface area contributed by atoms with Gasteiger partial charge in [0.1, 0.15) is 11.4 Å². The molecule has 3 heterocycles. The Kier molecular flexibility index (Phi) is 7.99. The van der Waals surface area contributed by atoms with E-state index in [0.29, 0.717) is 43.4 Å². The predicted molar refractivity (Wildman–Crippen MR) is 172 cm³/mol. The average molecular weight is 706 g/mol. The first-order valence-electron chi connectivity index (χ1n) is 14.7. The Morgan fingerprint density at radius 2 is 1.85 bits per heavy atom. The van der Waals surface area contributed by atoms with Crippen LogP contribution < -0.4 is 15.7 Å². The Morgan fingerprint density at radius 3 is 2.57 bits per heavy atom. The van der Waals surface area contributed by atoms with Gasteiger partial charge in [0.15, 0.2) is 5.82 Å². The monoisotopic (exact) mass is 704 g/mol. The van der Waals surface area contributed by atoms with E-state index in [1.165, 1.54) is 15.4 Å². The maximum Gasteiger partial charge on any atom is 0.333 e. The second kappa shape index (κ2) is 12.3. The molecule has 3 aromatic carbocycles. The number of carbonyl (C=O) groups is 2. The highest BCUT2D eigenvalue weighted by atomic mass is 79.9. The number of aromatic nitrogens is 4. The molecule has 46 heavy (non-hydrogen) atoms. The van der Waals surface area contributed by atoms with Gasteiger partial charge in [0.25, 0.3) is 11.8 Å². The van der Waals surface area contributed by atoms with Crippen molar-refractivity contribution in [2.45, 2.75) is 38.6 Å². The van der Waals surface area contributed by atoms with Crippen molar-refractivity contribution in [1.29, 1.82) is 0 Å². The lowest BCUT2D eigenvalue weighted by atomic mass is 10.1. The molecule has 0 saturated heterocycles. The van der Waals surface area contributed by atoms with Crippen LogP contribution >= 0.6 is 27.5 Å². The highest BCUT2D eigenvalue weighted by molar-refractivity contribution is 9.10. The van der Waals surface area contributed by atoms with Crippen LogP contribution in [0.2, 0.25) is 5.02 Å². The molecule has 2 aliphatic rings. The molecule has 2 aromatic heterocycles. The number of hydrogen-bond acceptors (Lipinski definition) is 5. The quantitative estimate of drug-likeness (QED) is 0.230. The lowest BCUT2D eigenvalue weighted by molar-refractivity contribution is 0.0706. The van der Waals surface area contributed by atoms with Gasteiger partial charge in [-0.3, -0.25) is 18.7 Å². The van der Waals surface area contributed by atoms with Crippen LogP contribution in [0.25, 0.3) is 11.4 Å². The van der Waals surface area contributed by atoms with Crippen molar-refractivity contribution >= 4 is 39.3 Å². The van der Waals surface area contributed by atoms with Gasteiger partial charge in [0, 0.05) is 29.7 Å². The third-order valence-electron chi connectivity index (χ3n) is 8.00. The van der Waals surface area contributed by atoms with Gasteiger partial charge < -0.3 is 15.0 Å². The SMILES string of the molecule is O=C(NCc1ccccc1-n1cc(F)cn1)c1c2n(c(=O)n1-c1ccc(OC3CC3)cc1)CCN(C(=O)c1ccc(Br)c(Cl)c1)C2.